The monoisotopic (exact) mass is 466 g/mol. The van der Waals surface area contributed by atoms with Crippen molar-refractivity contribution in [1.82, 2.24) is 39.8 Å². The molecule has 13 heteroatoms. The SMILES string of the molecule is CNC(=O)c1cncnc1NC1C=CC=C(c2ncn(C)n2)C1(Nc1cnn(CCO)c1)OC. The van der Waals surface area contributed by atoms with Gasteiger partial charge in [0.15, 0.2) is 11.5 Å². The zero-order valence-corrected chi connectivity index (χ0v) is 19.0. The van der Waals surface area contributed by atoms with Crippen molar-refractivity contribution in [3.63, 3.8) is 0 Å². The molecule has 3 aromatic rings. The molecule has 4 N–H and O–H groups in total. The summed E-state index contributed by atoms with van der Waals surface area (Å²) in [6.45, 7) is 0.312. The second-order valence-electron chi connectivity index (χ2n) is 7.47. The van der Waals surface area contributed by atoms with Crippen molar-refractivity contribution in [3.05, 3.63) is 60.9 Å². The summed E-state index contributed by atoms with van der Waals surface area (Å²) in [7, 11) is 4.89. The summed E-state index contributed by atoms with van der Waals surface area (Å²) in [6.07, 6.45) is 13.4. The van der Waals surface area contributed by atoms with Gasteiger partial charge in [0.05, 0.1) is 42.2 Å². The molecule has 2 atom stereocenters. The van der Waals surface area contributed by atoms with Crippen LogP contribution in [-0.4, -0.2) is 78.1 Å². The largest absolute Gasteiger partial charge is 0.394 e. The molecule has 0 saturated carbocycles. The van der Waals surface area contributed by atoms with Crippen molar-refractivity contribution in [2.45, 2.75) is 18.3 Å². The van der Waals surface area contributed by atoms with Gasteiger partial charge in [0.2, 0.25) is 0 Å². The first-order chi connectivity index (χ1) is 16.5. The van der Waals surface area contributed by atoms with Gasteiger partial charge in [-0.3, -0.25) is 14.2 Å². The first kappa shape index (κ1) is 23.1. The minimum absolute atomic E-state index is 0.0392. The number of allylic oxidation sites excluding steroid dienone is 2. The van der Waals surface area contributed by atoms with Crippen LogP contribution in [0.2, 0.25) is 0 Å². The number of aromatic nitrogens is 7. The number of aliphatic hydroxyl groups is 1. The number of ether oxygens (including phenoxy) is 1. The number of hydrogen-bond acceptors (Lipinski definition) is 10. The van der Waals surface area contributed by atoms with Crippen LogP contribution < -0.4 is 16.0 Å². The van der Waals surface area contributed by atoms with Gasteiger partial charge in [-0.2, -0.15) is 10.2 Å². The molecular weight excluding hydrogens is 440 g/mol. The van der Waals surface area contributed by atoms with Gasteiger partial charge in [0.25, 0.3) is 5.91 Å². The topological polar surface area (TPSA) is 157 Å². The van der Waals surface area contributed by atoms with E-state index in [1.165, 1.54) is 19.6 Å². The number of anilines is 2. The summed E-state index contributed by atoms with van der Waals surface area (Å²) in [6, 6.07) is -0.555. The van der Waals surface area contributed by atoms with Gasteiger partial charge in [-0.1, -0.05) is 18.2 Å². The summed E-state index contributed by atoms with van der Waals surface area (Å²) in [5.74, 6) is 0.467. The van der Waals surface area contributed by atoms with E-state index in [1.54, 1.807) is 42.2 Å². The average molecular weight is 467 g/mol. The third kappa shape index (κ3) is 4.38. The highest BCUT2D eigenvalue weighted by atomic mass is 16.5. The number of rotatable bonds is 9. The molecule has 13 nitrogen and oxygen atoms in total. The van der Waals surface area contributed by atoms with Crippen molar-refractivity contribution >= 4 is 23.0 Å². The molecule has 3 aromatic heterocycles. The molecule has 0 aromatic carbocycles. The standard InChI is InChI=1S/C21H26N10O3/c1-22-20(33)15-10-23-12-24-18(15)27-17-6-4-5-16(19-25-13-30(2)29-19)21(17,34-3)28-14-9-26-31(11-14)7-8-32/h4-6,9-13,17,28,32H,7-8H2,1-3H3,(H,22,33)(H,23,24,27). The smallest absolute Gasteiger partial charge is 0.256 e. The second kappa shape index (κ2) is 9.80. The molecular formula is C21H26N10O3. The zero-order chi connectivity index (χ0) is 24.1. The molecule has 0 aliphatic heterocycles. The van der Waals surface area contributed by atoms with E-state index in [1.807, 2.05) is 18.2 Å². The Hall–Kier alpha value is -4.10. The molecule has 0 spiro atoms. The minimum Gasteiger partial charge on any atom is -0.394 e. The van der Waals surface area contributed by atoms with Gasteiger partial charge in [-0.05, 0) is 0 Å². The van der Waals surface area contributed by atoms with Crippen LogP contribution in [0.3, 0.4) is 0 Å². The van der Waals surface area contributed by atoms with Crippen LogP contribution in [0.5, 0.6) is 0 Å². The fourth-order valence-corrected chi connectivity index (χ4v) is 3.74. The van der Waals surface area contributed by atoms with E-state index >= 15 is 0 Å². The highest BCUT2D eigenvalue weighted by Crippen LogP contribution is 2.37. The van der Waals surface area contributed by atoms with Crippen LogP contribution in [0.15, 0.2) is 49.5 Å². The molecule has 1 aliphatic carbocycles. The number of carbonyl (C=O) groups is 1. The van der Waals surface area contributed by atoms with Gasteiger partial charge in [0, 0.05) is 33.6 Å². The highest BCUT2D eigenvalue weighted by molar-refractivity contribution is 5.98. The predicted molar refractivity (Wildman–Crippen MR) is 124 cm³/mol. The Bertz CT molecular complexity index is 1220. The van der Waals surface area contributed by atoms with E-state index in [0.29, 0.717) is 29.4 Å². The normalized spacial score (nSPS) is 19.5. The van der Waals surface area contributed by atoms with Crippen molar-refractivity contribution in [1.29, 1.82) is 0 Å². The fraction of sp³-hybridized carbons (Fsp3) is 0.333. The van der Waals surface area contributed by atoms with E-state index in [0.717, 1.165) is 0 Å². The van der Waals surface area contributed by atoms with Gasteiger partial charge < -0.3 is 25.8 Å². The molecule has 178 valence electrons. The number of nitrogens with one attached hydrogen (secondary N) is 3. The first-order valence-electron chi connectivity index (χ1n) is 10.5. The number of aryl methyl sites for hydroxylation is 1. The van der Waals surface area contributed by atoms with Crippen molar-refractivity contribution < 1.29 is 14.6 Å². The molecule has 2 unspecified atom stereocenters. The van der Waals surface area contributed by atoms with Crippen molar-refractivity contribution in [3.8, 4) is 0 Å². The van der Waals surface area contributed by atoms with Crippen molar-refractivity contribution in [2.24, 2.45) is 7.05 Å². The maximum atomic E-state index is 12.4. The Kier molecular flexibility index (Phi) is 6.65. The van der Waals surface area contributed by atoms with E-state index in [2.05, 4.69) is 41.1 Å². The molecule has 34 heavy (non-hydrogen) atoms. The molecule has 0 radical (unpaired) electrons. The summed E-state index contributed by atoms with van der Waals surface area (Å²) < 4.78 is 9.34. The summed E-state index contributed by atoms with van der Waals surface area (Å²) in [5, 5.41) is 27.3. The molecule has 0 fully saturated rings. The van der Waals surface area contributed by atoms with Crippen LogP contribution in [-0.2, 0) is 18.3 Å². The summed E-state index contributed by atoms with van der Waals surface area (Å²) in [5.41, 5.74) is 0.370. The third-order valence-corrected chi connectivity index (χ3v) is 5.34. The maximum Gasteiger partial charge on any atom is 0.256 e. The van der Waals surface area contributed by atoms with Gasteiger partial charge in [-0.25, -0.2) is 15.0 Å². The van der Waals surface area contributed by atoms with Gasteiger partial charge in [-0.15, -0.1) is 0 Å². The lowest BCUT2D eigenvalue weighted by Gasteiger charge is -2.42. The lowest BCUT2D eigenvalue weighted by molar-refractivity contribution is 0.0586. The molecule has 0 saturated heterocycles. The first-order valence-corrected chi connectivity index (χ1v) is 10.5. The Labute approximate surface area is 195 Å². The predicted octanol–water partition coefficient (Wildman–Crippen LogP) is 0.0422. The summed E-state index contributed by atoms with van der Waals surface area (Å²) in [4.78, 5) is 25.1. The van der Waals surface area contributed by atoms with E-state index in [-0.39, 0.29) is 18.1 Å². The second-order valence-corrected chi connectivity index (χ2v) is 7.47. The number of hydrogen-bond donors (Lipinski definition) is 4. The van der Waals surface area contributed by atoms with Crippen LogP contribution in [0.4, 0.5) is 11.5 Å². The number of amides is 1. The van der Waals surface area contributed by atoms with Crippen molar-refractivity contribution in [2.75, 3.05) is 31.4 Å². The third-order valence-electron chi connectivity index (χ3n) is 5.34. The number of aliphatic hydroxyl groups excluding tert-OH is 1. The van der Waals surface area contributed by atoms with Crippen LogP contribution in [0.1, 0.15) is 16.2 Å². The van der Waals surface area contributed by atoms with E-state index < -0.39 is 11.8 Å². The lowest BCUT2D eigenvalue weighted by Crippen LogP contribution is -2.55. The Morgan fingerprint density at radius 1 is 1.32 bits per heavy atom. The molecule has 3 heterocycles. The Morgan fingerprint density at radius 3 is 2.88 bits per heavy atom. The van der Waals surface area contributed by atoms with Crippen LogP contribution in [0.25, 0.3) is 5.57 Å². The molecule has 4 rings (SSSR count). The van der Waals surface area contributed by atoms with Gasteiger partial charge >= 0.3 is 0 Å². The van der Waals surface area contributed by atoms with E-state index in [9.17, 15) is 9.90 Å². The molecule has 0 bridgehead atoms. The lowest BCUT2D eigenvalue weighted by atomic mass is 9.88. The maximum absolute atomic E-state index is 12.4. The zero-order valence-electron chi connectivity index (χ0n) is 19.0. The highest BCUT2D eigenvalue weighted by Gasteiger charge is 2.46. The number of methoxy groups -OCH3 is 1. The summed E-state index contributed by atoms with van der Waals surface area (Å²) >= 11 is 0. The quantitative estimate of drug-likeness (QED) is 0.318. The average Bonchev–Trinajstić information content (AvgIpc) is 3.48. The number of carbonyl (C=O) groups excluding carboxylic acids is 1. The Morgan fingerprint density at radius 2 is 2.18 bits per heavy atom. The van der Waals surface area contributed by atoms with Gasteiger partial charge in [0.1, 0.15) is 18.5 Å². The number of nitrogens with zero attached hydrogens (tertiary/aromatic N) is 7. The van der Waals surface area contributed by atoms with Crippen LogP contribution >= 0.6 is 0 Å². The molecule has 1 amide bonds. The Balaban J connectivity index is 1.77. The molecule has 1 aliphatic rings. The minimum atomic E-state index is -1.21. The fourth-order valence-electron chi connectivity index (χ4n) is 3.74. The van der Waals surface area contributed by atoms with Crippen LogP contribution in [0, 0.1) is 0 Å². The van der Waals surface area contributed by atoms with E-state index in [4.69, 9.17) is 4.74 Å².